The normalized spacial score (nSPS) is 10.6. The van der Waals surface area contributed by atoms with Gasteiger partial charge in [0.2, 0.25) is 0 Å². The van der Waals surface area contributed by atoms with Crippen molar-refractivity contribution in [1.82, 2.24) is 0 Å². The summed E-state index contributed by atoms with van der Waals surface area (Å²) in [5.41, 5.74) is 0. The lowest BCUT2D eigenvalue weighted by molar-refractivity contribution is -0.149. The zero-order valence-electron chi connectivity index (χ0n) is 12.5. The van der Waals surface area contributed by atoms with E-state index in [1.807, 2.05) is 0 Å². The van der Waals surface area contributed by atoms with Crippen LogP contribution in [0.1, 0.15) is 12.8 Å². The van der Waals surface area contributed by atoms with Gasteiger partial charge in [0.1, 0.15) is 13.4 Å². The van der Waals surface area contributed by atoms with Gasteiger partial charge in [-0.25, -0.2) is 0 Å². The number of rotatable bonds is 16. The van der Waals surface area contributed by atoms with E-state index in [0.29, 0.717) is 13.2 Å². The third-order valence-corrected chi connectivity index (χ3v) is 2.18. The summed E-state index contributed by atoms with van der Waals surface area (Å²) in [6.07, 6.45) is 0.0541. The van der Waals surface area contributed by atoms with Gasteiger partial charge < -0.3 is 33.9 Å². The van der Waals surface area contributed by atoms with Crippen LogP contribution in [0.15, 0.2) is 0 Å². The second kappa shape index (κ2) is 16.1. The molecule has 0 unspecified atom stereocenters. The van der Waals surface area contributed by atoms with Crippen molar-refractivity contribution in [2.75, 3.05) is 59.6 Å². The molecule has 0 aliphatic rings. The van der Waals surface area contributed by atoms with Gasteiger partial charge in [0.15, 0.2) is 0 Å². The van der Waals surface area contributed by atoms with E-state index in [0.717, 1.165) is 0 Å². The van der Waals surface area contributed by atoms with Crippen molar-refractivity contribution in [3.8, 4) is 0 Å². The Hall–Kier alpha value is -1.26. The number of aliphatic carboxylic acids is 1. The molecule has 130 valence electrons. The van der Waals surface area contributed by atoms with Crippen LogP contribution in [0.4, 0.5) is 0 Å². The predicted molar refractivity (Wildman–Crippen MR) is 73.3 cm³/mol. The number of hydrogen-bond donors (Lipinski definition) is 2. The fourth-order valence-corrected chi connectivity index (χ4v) is 1.16. The number of hydrogen-bond acceptors (Lipinski definition) is 8. The Bertz CT molecular complexity index is 283. The van der Waals surface area contributed by atoms with Crippen LogP contribution in [0.5, 0.6) is 0 Å². The lowest BCUT2D eigenvalue weighted by atomic mass is 10.5. The molecular formula is C13H24O9. The highest BCUT2D eigenvalue weighted by Crippen LogP contribution is 1.90. The molecule has 0 aromatic heterocycles. The summed E-state index contributed by atoms with van der Waals surface area (Å²) in [6, 6.07) is 0. The average molecular weight is 324 g/mol. The molecule has 0 saturated carbocycles. The summed E-state index contributed by atoms with van der Waals surface area (Å²) < 4.78 is 24.8. The first-order chi connectivity index (χ1) is 10.7. The summed E-state index contributed by atoms with van der Waals surface area (Å²) in [7, 11) is 0. The molecule has 2 N–H and O–H groups in total. The molecule has 0 bridgehead atoms. The lowest BCUT2D eigenvalue weighted by Gasteiger charge is -2.07. The molecule has 0 saturated heterocycles. The minimum atomic E-state index is -0.934. The Morgan fingerprint density at radius 1 is 0.727 bits per heavy atom. The largest absolute Gasteiger partial charge is 0.481 e. The Kier molecular flexibility index (Phi) is 15.2. The second-order valence-electron chi connectivity index (χ2n) is 4.00. The fraction of sp³-hybridized carbons (Fsp3) is 0.846. The van der Waals surface area contributed by atoms with Gasteiger partial charge in [-0.3, -0.25) is 9.59 Å². The summed E-state index contributed by atoms with van der Waals surface area (Å²) in [4.78, 5) is 21.4. The zero-order chi connectivity index (χ0) is 16.5. The first-order valence-electron chi connectivity index (χ1n) is 6.96. The van der Waals surface area contributed by atoms with E-state index in [-0.39, 0.29) is 59.3 Å². The molecule has 0 rings (SSSR count). The minimum Gasteiger partial charge on any atom is -0.481 e. The highest BCUT2D eigenvalue weighted by molar-refractivity contribution is 5.69. The van der Waals surface area contributed by atoms with E-state index < -0.39 is 11.9 Å². The number of carbonyl (C=O) groups excluding carboxylic acids is 1. The van der Waals surface area contributed by atoms with Crippen LogP contribution >= 0.6 is 0 Å². The summed E-state index contributed by atoms with van der Waals surface area (Å²) in [6.45, 7) is 1.51. The van der Waals surface area contributed by atoms with Crippen molar-refractivity contribution >= 4 is 11.9 Å². The average Bonchev–Trinajstić information content (AvgIpc) is 2.48. The Morgan fingerprint density at radius 3 is 2.00 bits per heavy atom. The molecule has 9 heteroatoms. The molecule has 9 nitrogen and oxygen atoms in total. The number of carbonyl (C=O) groups is 2. The van der Waals surface area contributed by atoms with E-state index in [1.165, 1.54) is 0 Å². The van der Waals surface area contributed by atoms with Crippen LogP contribution in [0.25, 0.3) is 0 Å². The lowest BCUT2D eigenvalue weighted by Crippen LogP contribution is -2.15. The van der Waals surface area contributed by atoms with Crippen molar-refractivity contribution in [3.63, 3.8) is 0 Å². The van der Waals surface area contributed by atoms with E-state index in [2.05, 4.69) is 0 Å². The van der Waals surface area contributed by atoms with Crippen LogP contribution in [0.3, 0.4) is 0 Å². The van der Waals surface area contributed by atoms with Crippen molar-refractivity contribution in [2.45, 2.75) is 12.8 Å². The van der Waals surface area contributed by atoms with Crippen LogP contribution in [0.2, 0.25) is 0 Å². The number of aliphatic hydroxyl groups excluding tert-OH is 1. The summed E-state index contributed by atoms with van der Waals surface area (Å²) >= 11 is 0. The van der Waals surface area contributed by atoms with E-state index in [4.69, 9.17) is 33.9 Å². The number of esters is 1. The van der Waals surface area contributed by atoms with E-state index >= 15 is 0 Å². The standard InChI is InChI=1S/C13H24O9/c14-3-6-19-8-7-18-5-2-13(17)22-10-9-21-11-20-4-1-12(15)16/h14H,1-11H2,(H,15,16). The zero-order valence-corrected chi connectivity index (χ0v) is 12.5. The van der Waals surface area contributed by atoms with Gasteiger partial charge in [0.25, 0.3) is 0 Å². The van der Waals surface area contributed by atoms with E-state index in [9.17, 15) is 9.59 Å². The van der Waals surface area contributed by atoms with Crippen LogP contribution in [-0.4, -0.2) is 81.8 Å². The van der Waals surface area contributed by atoms with Gasteiger partial charge in [-0.05, 0) is 0 Å². The number of ether oxygens (including phenoxy) is 5. The molecular weight excluding hydrogens is 300 g/mol. The van der Waals surface area contributed by atoms with Crippen molar-refractivity contribution in [1.29, 1.82) is 0 Å². The first-order valence-corrected chi connectivity index (χ1v) is 6.96. The molecule has 0 fully saturated rings. The minimum absolute atomic E-state index is 0.0288. The molecule has 0 radical (unpaired) electrons. The van der Waals surface area contributed by atoms with Gasteiger partial charge in [-0.1, -0.05) is 0 Å². The maximum atomic E-state index is 11.3. The molecule has 22 heavy (non-hydrogen) atoms. The van der Waals surface area contributed by atoms with Gasteiger partial charge in [-0.2, -0.15) is 0 Å². The quantitative estimate of drug-likeness (QED) is 0.218. The fourth-order valence-electron chi connectivity index (χ4n) is 1.16. The number of aliphatic hydroxyl groups is 1. The third kappa shape index (κ3) is 16.8. The summed E-state index contributed by atoms with van der Waals surface area (Å²) in [5, 5.41) is 16.8. The smallest absolute Gasteiger partial charge is 0.308 e. The Morgan fingerprint density at radius 2 is 1.32 bits per heavy atom. The topological polar surface area (TPSA) is 121 Å². The molecule has 0 spiro atoms. The second-order valence-corrected chi connectivity index (χ2v) is 4.00. The molecule has 0 atom stereocenters. The van der Waals surface area contributed by atoms with Gasteiger partial charge in [0, 0.05) is 0 Å². The molecule has 0 aromatic carbocycles. The predicted octanol–water partition coefficient (Wildman–Crippen LogP) is -0.589. The van der Waals surface area contributed by atoms with Crippen molar-refractivity contribution < 1.29 is 43.5 Å². The molecule has 0 amide bonds. The number of carboxylic acids is 1. The maximum absolute atomic E-state index is 11.3. The first kappa shape index (κ1) is 20.7. The van der Waals surface area contributed by atoms with Crippen LogP contribution in [-0.2, 0) is 33.3 Å². The van der Waals surface area contributed by atoms with Gasteiger partial charge in [0.05, 0.1) is 59.1 Å². The van der Waals surface area contributed by atoms with Gasteiger partial charge >= 0.3 is 11.9 Å². The molecule has 0 aromatic rings. The van der Waals surface area contributed by atoms with Crippen LogP contribution < -0.4 is 0 Å². The monoisotopic (exact) mass is 324 g/mol. The van der Waals surface area contributed by atoms with Crippen molar-refractivity contribution in [2.24, 2.45) is 0 Å². The third-order valence-electron chi connectivity index (χ3n) is 2.18. The molecule has 0 aliphatic carbocycles. The molecule has 0 heterocycles. The Balaban J connectivity index is 3.17. The summed E-state index contributed by atoms with van der Waals surface area (Å²) in [5.74, 6) is -1.33. The highest BCUT2D eigenvalue weighted by atomic mass is 16.7. The van der Waals surface area contributed by atoms with Crippen LogP contribution in [0, 0.1) is 0 Å². The van der Waals surface area contributed by atoms with Crippen molar-refractivity contribution in [3.05, 3.63) is 0 Å². The SMILES string of the molecule is O=C(O)CCOCOCCOC(=O)CCOCCOCCO. The Labute approximate surface area is 129 Å². The highest BCUT2D eigenvalue weighted by Gasteiger charge is 2.02. The molecule has 0 aliphatic heterocycles. The maximum Gasteiger partial charge on any atom is 0.308 e. The van der Waals surface area contributed by atoms with E-state index in [1.54, 1.807) is 0 Å². The van der Waals surface area contributed by atoms with Gasteiger partial charge in [-0.15, -0.1) is 0 Å². The number of carboxylic acid groups (broad SMARTS) is 1.